The monoisotopic (exact) mass is 226 g/mol. The highest BCUT2D eigenvalue weighted by Crippen LogP contribution is 2.44. The van der Waals surface area contributed by atoms with Crippen LogP contribution in [0.3, 0.4) is 0 Å². The summed E-state index contributed by atoms with van der Waals surface area (Å²) in [6, 6.07) is 0. The SMILES string of the molecule is COCC(CN)(C1CC1)N1CCCC(C)C1. The summed E-state index contributed by atoms with van der Waals surface area (Å²) in [7, 11) is 1.81. The molecule has 2 unspecified atom stereocenters. The van der Waals surface area contributed by atoms with Gasteiger partial charge in [-0.3, -0.25) is 4.90 Å². The van der Waals surface area contributed by atoms with Crippen molar-refractivity contribution in [1.82, 2.24) is 4.90 Å². The maximum Gasteiger partial charge on any atom is 0.0661 e. The molecule has 3 heteroatoms. The van der Waals surface area contributed by atoms with Crippen LogP contribution in [-0.2, 0) is 4.74 Å². The van der Waals surface area contributed by atoms with Gasteiger partial charge in [-0.2, -0.15) is 0 Å². The molecule has 1 aliphatic heterocycles. The molecular formula is C13H26N2O. The minimum atomic E-state index is 0.142. The summed E-state index contributed by atoms with van der Waals surface area (Å²) >= 11 is 0. The Kier molecular flexibility index (Phi) is 3.88. The zero-order chi connectivity index (χ0) is 11.6. The van der Waals surface area contributed by atoms with Crippen LogP contribution in [0.4, 0.5) is 0 Å². The molecule has 1 saturated carbocycles. The van der Waals surface area contributed by atoms with Crippen LogP contribution in [0.15, 0.2) is 0 Å². The van der Waals surface area contributed by atoms with Gasteiger partial charge in [0.05, 0.1) is 12.1 Å². The fourth-order valence-corrected chi connectivity index (χ4v) is 3.29. The van der Waals surface area contributed by atoms with Gasteiger partial charge in [-0.1, -0.05) is 6.92 Å². The Morgan fingerprint density at radius 2 is 2.12 bits per heavy atom. The molecule has 0 amide bonds. The Morgan fingerprint density at radius 3 is 2.62 bits per heavy atom. The number of ether oxygens (including phenoxy) is 1. The van der Waals surface area contributed by atoms with Crippen molar-refractivity contribution in [2.45, 2.75) is 38.1 Å². The third-order valence-electron chi connectivity index (χ3n) is 4.37. The van der Waals surface area contributed by atoms with E-state index in [0.717, 1.165) is 25.0 Å². The van der Waals surface area contributed by atoms with E-state index >= 15 is 0 Å². The van der Waals surface area contributed by atoms with Crippen molar-refractivity contribution in [3.63, 3.8) is 0 Å². The zero-order valence-corrected chi connectivity index (χ0v) is 10.7. The first-order valence-electron chi connectivity index (χ1n) is 6.67. The first kappa shape index (κ1) is 12.3. The van der Waals surface area contributed by atoms with Gasteiger partial charge >= 0.3 is 0 Å². The Morgan fingerprint density at radius 1 is 1.38 bits per heavy atom. The molecule has 0 aromatic carbocycles. The van der Waals surface area contributed by atoms with Gasteiger partial charge in [0.2, 0.25) is 0 Å². The predicted molar refractivity (Wildman–Crippen MR) is 66.4 cm³/mol. The Labute approximate surface area is 99.3 Å². The standard InChI is InChI=1S/C13H26N2O/c1-11-4-3-7-15(8-11)13(9-14,10-16-2)12-5-6-12/h11-12H,3-10,14H2,1-2H3. The Hall–Kier alpha value is -0.120. The van der Waals surface area contributed by atoms with Gasteiger partial charge < -0.3 is 10.5 Å². The number of rotatable bonds is 5. The Bertz CT molecular complexity index is 230. The van der Waals surface area contributed by atoms with Gasteiger partial charge in [0.25, 0.3) is 0 Å². The van der Waals surface area contributed by atoms with Crippen molar-refractivity contribution >= 4 is 0 Å². The number of likely N-dealkylation sites (tertiary alicyclic amines) is 1. The molecule has 3 nitrogen and oxygen atoms in total. The molecule has 2 fully saturated rings. The van der Waals surface area contributed by atoms with E-state index < -0.39 is 0 Å². The molecule has 0 aromatic rings. The van der Waals surface area contributed by atoms with Gasteiger partial charge in [-0.05, 0) is 44.1 Å². The van der Waals surface area contributed by atoms with Crippen LogP contribution in [0.2, 0.25) is 0 Å². The molecule has 2 atom stereocenters. The zero-order valence-electron chi connectivity index (χ0n) is 10.7. The minimum Gasteiger partial charge on any atom is -0.383 e. The van der Waals surface area contributed by atoms with E-state index in [0.29, 0.717) is 0 Å². The van der Waals surface area contributed by atoms with Gasteiger partial charge in [0.1, 0.15) is 0 Å². The third kappa shape index (κ3) is 2.27. The molecule has 1 aliphatic carbocycles. The van der Waals surface area contributed by atoms with E-state index in [9.17, 15) is 0 Å². The topological polar surface area (TPSA) is 38.5 Å². The van der Waals surface area contributed by atoms with E-state index in [-0.39, 0.29) is 5.54 Å². The van der Waals surface area contributed by atoms with Crippen molar-refractivity contribution in [3.8, 4) is 0 Å². The van der Waals surface area contributed by atoms with Crippen LogP contribution in [-0.4, -0.2) is 43.8 Å². The quantitative estimate of drug-likeness (QED) is 0.771. The lowest BCUT2D eigenvalue weighted by molar-refractivity contribution is -0.0216. The maximum atomic E-state index is 6.09. The fraction of sp³-hybridized carbons (Fsp3) is 1.00. The summed E-state index contributed by atoms with van der Waals surface area (Å²) in [5.41, 5.74) is 6.23. The number of piperidine rings is 1. The molecule has 0 radical (unpaired) electrons. The largest absolute Gasteiger partial charge is 0.383 e. The normalized spacial score (nSPS) is 31.3. The molecule has 1 saturated heterocycles. The van der Waals surface area contributed by atoms with Crippen molar-refractivity contribution in [1.29, 1.82) is 0 Å². The number of hydrogen-bond acceptors (Lipinski definition) is 3. The smallest absolute Gasteiger partial charge is 0.0661 e. The lowest BCUT2D eigenvalue weighted by Gasteiger charge is -2.47. The van der Waals surface area contributed by atoms with Gasteiger partial charge in [-0.25, -0.2) is 0 Å². The summed E-state index contributed by atoms with van der Waals surface area (Å²) in [5.74, 6) is 1.60. The van der Waals surface area contributed by atoms with E-state index in [1.807, 2.05) is 0 Å². The van der Waals surface area contributed by atoms with Crippen LogP contribution >= 0.6 is 0 Å². The van der Waals surface area contributed by atoms with Crippen molar-refractivity contribution in [3.05, 3.63) is 0 Å². The second kappa shape index (κ2) is 5.03. The molecule has 2 aliphatic rings. The molecule has 2 N–H and O–H groups in total. The van der Waals surface area contributed by atoms with Crippen LogP contribution in [0.1, 0.15) is 32.6 Å². The number of nitrogens with zero attached hydrogens (tertiary/aromatic N) is 1. The average Bonchev–Trinajstić information content (AvgIpc) is 3.10. The van der Waals surface area contributed by atoms with Crippen molar-refractivity contribution in [2.75, 3.05) is 33.4 Å². The highest BCUT2D eigenvalue weighted by atomic mass is 16.5. The van der Waals surface area contributed by atoms with E-state index in [1.54, 1.807) is 7.11 Å². The van der Waals surface area contributed by atoms with Gasteiger partial charge in [-0.15, -0.1) is 0 Å². The highest BCUT2D eigenvalue weighted by Gasteiger charge is 2.48. The number of methoxy groups -OCH3 is 1. The first-order valence-corrected chi connectivity index (χ1v) is 6.67. The average molecular weight is 226 g/mol. The molecule has 1 heterocycles. The molecule has 0 aromatic heterocycles. The summed E-state index contributed by atoms with van der Waals surface area (Å²) in [4.78, 5) is 2.63. The lowest BCUT2D eigenvalue weighted by atomic mass is 9.87. The molecule has 0 spiro atoms. The van der Waals surface area contributed by atoms with Gasteiger partial charge in [0.15, 0.2) is 0 Å². The number of hydrogen-bond donors (Lipinski definition) is 1. The van der Waals surface area contributed by atoms with E-state index in [2.05, 4.69) is 11.8 Å². The second-order valence-electron chi connectivity index (χ2n) is 5.71. The summed E-state index contributed by atoms with van der Waals surface area (Å²) in [5, 5.41) is 0. The number of nitrogens with two attached hydrogens (primary N) is 1. The lowest BCUT2D eigenvalue weighted by Crippen LogP contribution is -2.61. The summed E-state index contributed by atoms with van der Waals surface area (Å²) < 4.78 is 5.47. The van der Waals surface area contributed by atoms with Gasteiger partial charge in [0, 0.05) is 20.2 Å². The second-order valence-corrected chi connectivity index (χ2v) is 5.71. The predicted octanol–water partition coefficient (Wildman–Crippen LogP) is 1.47. The van der Waals surface area contributed by atoms with E-state index in [1.165, 1.54) is 38.8 Å². The first-order chi connectivity index (χ1) is 7.73. The van der Waals surface area contributed by atoms with Crippen molar-refractivity contribution in [2.24, 2.45) is 17.6 Å². The summed E-state index contributed by atoms with van der Waals surface area (Å²) in [6.07, 6.45) is 5.37. The van der Waals surface area contributed by atoms with Crippen LogP contribution in [0.5, 0.6) is 0 Å². The minimum absolute atomic E-state index is 0.142. The maximum absolute atomic E-state index is 6.09. The molecule has 16 heavy (non-hydrogen) atoms. The van der Waals surface area contributed by atoms with Crippen LogP contribution in [0, 0.1) is 11.8 Å². The molecule has 2 rings (SSSR count). The molecular weight excluding hydrogens is 200 g/mol. The van der Waals surface area contributed by atoms with Crippen LogP contribution < -0.4 is 5.73 Å². The third-order valence-corrected chi connectivity index (χ3v) is 4.37. The molecule has 94 valence electrons. The van der Waals surface area contributed by atoms with E-state index in [4.69, 9.17) is 10.5 Å². The fourth-order valence-electron chi connectivity index (χ4n) is 3.29. The highest BCUT2D eigenvalue weighted by molar-refractivity contribution is 5.04. The summed E-state index contributed by atoms with van der Waals surface area (Å²) in [6.45, 7) is 6.32. The molecule has 0 bridgehead atoms. The van der Waals surface area contributed by atoms with Crippen LogP contribution in [0.25, 0.3) is 0 Å². The Balaban J connectivity index is 2.09. The van der Waals surface area contributed by atoms with Crippen molar-refractivity contribution < 1.29 is 4.74 Å².